The quantitative estimate of drug-likeness (QED) is 0.0842. The number of hydrogen-bond donors (Lipinski definition) is 0. The highest BCUT2D eigenvalue weighted by molar-refractivity contribution is 7.20. The summed E-state index contributed by atoms with van der Waals surface area (Å²) in [5.41, 5.74) is 20.0. The number of aromatic nitrogens is 1. The molecule has 3 nitrogen and oxygen atoms in total. The van der Waals surface area contributed by atoms with Gasteiger partial charge in [-0.2, -0.15) is 0 Å². The molecule has 474 valence electrons. The maximum Gasteiger partial charge on any atom is 0.252 e. The summed E-state index contributed by atoms with van der Waals surface area (Å²) >= 11 is 0. The highest BCUT2D eigenvalue weighted by Crippen LogP contribution is 2.48. The van der Waals surface area contributed by atoms with Gasteiger partial charge in [0, 0.05) is 44.9 Å². The van der Waals surface area contributed by atoms with Crippen LogP contribution in [-0.4, -0.2) is 27.4 Å². The van der Waals surface area contributed by atoms with Crippen molar-refractivity contribution in [2.75, 3.05) is 9.80 Å². The van der Waals surface area contributed by atoms with E-state index in [0.717, 1.165) is 56.4 Å². The predicted molar refractivity (Wildman–Crippen MR) is 432 cm³/mol. The third-order valence-corrected chi connectivity index (χ3v) is 31.0. The number of para-hydroxylation sites is 2. The van der Waals surface area contributed by atoms with Gasteiger partial charge in [-0.25, -0.2) is 0 Å². The molecule has 3 heterocycles. The molecule has 0 amide bonds. The summed E-state index contributed by atoms with van der Waals surface area (Å²) in [6.07, 6.45) is 0. The molecule has 0 saturated heterocycles. The Morgan fingerprint density at radius 3 is 1.15 bits per heavy atom. The van der Waals surface area contributed by atoms with Crippen LogP contribution in [0, 0.1) is 0 Å². The maximum atomic E-state index is 2.71. The van der Waals surface area contributed by atoms with Crippen molar-refractivity contribution >= 4 is 137 Å². The fourth-order valence-electron chi connectivity index (χ4n) is 17.0. The molecular weight excluding hydrogens is 1240 g/mol. The first-order chi connectivity index (χ1) is 49.3. The molecule has 0 bridgehead atoms. The first-order valence-electron chi connectivity index (χ1n) is 35.0. The molecule has 6 heteroatoms. The van der Waals surface area contributed by atoms with Crippen molar-refractivity contribution in [2.45, 2.75) is 26.2 Å². The molecule has 0 unspecified atom stereocenters. The van der Waals surface area contributed by atoms with Gasteiger partial charge in [0.2, 0.25) is 0 Å². The van der Waals surface area contributed by atoms with E-state index in [4.69, 9.17) is 0 Å². The Kier molecular flexibility index (Phi) is 14.9. The molecule has 1 aromatic heterocycles. The van der Waals surface area contributed by atoms with Crippen molar-refractivity contribution in [3.05, 3.63) is 388 Å². The minimum absolute atomic E-state index is 0.0221. The molecule has 16 aromatic rings. The molecule has 0 aliphatic carbocycles. The molecule has 0 atom stereocenters. The molecule has 0 N–H and O–H groups in total. The van der Waals surface area contributed by atoms with Gasteiger partial charge in [-0.15, -0.1) is 0 Å². The van der Waals surface area contributed by atoms with E-state index in [2.05, 4.69) is 417 Å². The standard InChI is InChI=1S/C94H72BN3Si2/c1-94(2,3)70-58-56-67(57-59-70)69-34-29-35-71(62-69)96-88-55-31-52-82(68-32-11-4-12-33-68)92(88)95-85-61-60-81(100(77-43-19-8-20-44-77,78-45-21-9-22-46-78)79-47-23-10-24-48-79)66-89(85)97(91-65-73(64-90(96)93(91)95)98-86-53-27-25-50-83(86)84-51-26-28-54-87(84)98)72-36-30-49-80(63-72)99(74-37-13-5-14-38-74,75-39-15-6-16-40-75)76-41-17-7-18-42-76/h4-66H,1-3H3. The highest BCUT2D eigenvalue weighted by atomic mass is 28.3. The second-order valence-electron chi connectivity index (χ2n) is 27.9. The molecule has 18 rings (SSSR count). The zero-order valence-electron chi connectivity index (χ0n) is 56.3. The topological polar surface area (TPSA) is 11.4 Å². The summed E-state index contributed by atoms with van der Waals surface area (Å²) in [7, 11) is -6.28. The molecule has 0 saturated carbocycles. The maximum absolute atomic E-state index is 3.17. The van der Waals surface area contributed by atoms with Crippen molar-refractivity contribution in [3.63, 3.8) is 0 Å². The lowest BCUT2D eigenvalue weighted by molar-refractivity contribution is 0.590. The molecular formula is C94H72BN3Si2. The lowest BCUT2D eigenvalue weighted by Gasteiger charge is -2.46. The minimum Gasteiger partial charge on any atom is -0.311 e. The van der Waals surface area contributed by atoms with E-state index in [1.165, 1.54) is 90.9 Å². The first-order valence-corrected chi connectivity index (χ1v) is 39.0. The van der Waals surface area contributed by atoms with Crippen LogP contribution in [-0.2, 0) is 5.41 Å². The van der Waals surface area contributed by atoms with Gasteiger partial charge in [0.1, 0.15) is 0 Å². The lowest BCUT2D eigenvalue weighted by Crippen LogP contribution is -2.75. The average Bonchev–Trinajstić information content (AvgIpc) is 0.769. The average molecular weight is 1310 g/mol. The van der Waals surface area contributed by atoms with Crippen LogP contribution in [0.15, 0.2) is 382 Å². The zero-order valence-corrected chi connectivity index (χ0v) is 58.3. The highest BCUT2D eigenvalue weighted by Gasteiger charge is 2.49. The second-order valence-corrected chi connectivity index (χ2v) is 35.5. The van der Waals surface area contributed by atoms with Crippen LogP contribution in [0.25, 0.3) is 49.7 Å². The van der Waals surface area contributed by atoms with Gasteiger partial charge in [0.05, 0.1) is 16.7 Å². The van der Waals surface area contributed by atoms with Gasteiger partial charge >= 0.3 is 0 Å². The molecule has 0 radical (unpaired) electrons. The Morgan fingerprint density at radius 2 is 0.660 bits per heavy atom. The van der Waals surface area contributed by atoms with E-state index in [9.17, 15) is 0 Å². The van der Waals surface area contributed by atoms with Crippen LogP contribution in [0.4, 0.5) is 34.1 Å². The zero-order chi connectivity index (χ0) is 66.9. The van der Waals surface area contributed by atoms with E-state index in [-0.39, 0.29) is 12.1 Å². The smallest absolute Gasteiger partial charge is 0.252 e. The van der Waals surface area contributed by atoms with Crippen LogP contribution < -0.4 is 67.7 Å². The van der Waals surface area contributed by atoms with Crippen LogP contribution in [0.2, 0.25) is 0 Å². The van der Waals surface area contributed by atoms with E-state index in [1.807, 2.05) is 0 Å². The predicted octanol–water partition coefficient (Wildman–Crippen LogP) is 16.3. The minimum atomic E-state index is -3.17. The SMILES string of the molecule is CC(C)(C)c1ccc(-c2cccc(N3c4cccc(-c5ccccc5)c4B4c5ccc([Si](c6ccccc6)(c6ccccc6)c6ccccc6)cc5N(c5cccc([Si](c6ccccc6)(c6ccccc6)c6ccccc6)c5)c5cc(-n6c7ccccc7c7ccccc76)cc3c54)c2)cc1. The van der Waals surface area contributed by atoms with Crippen LogP contribution >= 0.6 is 0 Å². The summed E-state index contributed by atoms with van der Waals surface area (Å²) in [6, 6.07) is 146. The van der Waals surface area contributed by atoms with E-state index in [1.54, 1.807) is 0 Å². The Bertz CT molecular complexity index is 5460. The number of hydrogen-bond acceptors (Lipinski definition) is 2. The van der Waals surface area contributed by atoms with Crippen molar-refractivity contribution in [1.29, 1.82) is 0 Å². The Labute approximate surface area is 589 Å². The van der Waals surface area contributed by atoms with Gasteiger partial charge in [-0.1, -0.05) is 342 Å². The van der Waals surface area contributed by atoms with Crippen LogP contribution in [0.1, 0.15) is 26.3 Å². The monoisotopic (exact) mass is 1310 g/mol. The molecule has 15 aromatic carbocycles. The normalized spacial score (nSPS) is 12.7. The lowest BCUT2D eigenvalue weighted by atomic mass is 9.32. The van der Waals surface area contributed by atoms with Crippen molar-refractivity contribution < 1.29 is 0 Å². The Morgan fingerprint density at radius 1 is 0.260 bits per heavy atom. The molecule has 2 aliphatic rings. The largest absolute Gasteiger partial charge is 0.311 e. The Hall–Kier alpha value is -11.8. The summed E-state index contributed by atoms with van der Waals surface area (Å²) in [5, 5.41) is 13.0. The van der Waals surface area contributed by atoms with E-state index < -0.39 is 16.1 Å². The van der Waals surface area contributed by atoms with Crippen molar-refractivity contribution in [1.82, 2.24) is 4.57 Å². The summed E-state index contributed by atoms with van der Waals surface area (Å²) in [5.74, 6) is 0. The molecule has 100 heavy (non-hydrogen) atoms. The number of anilines is 6. The first kappa shape index (κ1) is 60.6. The number of benzene rings is 15. The van der Waals surface area contributed by atoms with Gasteiger partial charge < -0.3 is 14.4 Å². The van der Waals surface area contributed by atoms with E-state index in [0.29, 0.717) is 0 Å². The fourth-order valence-corrected chi connectivity index (χ4v) is 26.6. The number of fused-ring (bicyclic) bond motifs is 7. The molecule has 0 fully saturated rings. The van der Waals surface area contributed by atoms with Gasteiger partial charge in [0.25, 0.3) is 6.71 Å². The Balaban J connectivity index is 1.00. The second kappa shape index (κ2) is 24.6. The third-order valence-electron chi connectivity index (χ3n) is 21.4. The number of rotatable bonds is 13. The van der Waals surface area contributed by atoms with Crippen LogP contribution in [0.5, 0.6) is 0 Å². The summed E-state index contributed by atoms with van der Waals surface area (Å²) in [4.78, 5) is 5.32. The fraction of sp³-hybridized carbons (Fsp3) is 0.0426. The molecule has 2 aliphatic heterocycles. The molecule has 0 spiro atoms. The van der Waals surface area contributed by atoms with Gasteiger partial charge in [0.15, 0.2) is 16.1 Å². The number of nitrogens with zero attached hydrogens (tertiary/aromatic N) is 3. The van der Waals surface area contributed by atoms with Gasteiger partial charge in [-0.05, 0) is 152 Å². The van der Waals surface area contributed by atoms with E-state index >= 15 is 0 Å². The van der Waals surface area contributed by atoms with Crippen molar-refractivity contribution in [2.24, 2.45) is 0 Å². The van der Waals surface area contributed by atoms with Crippen LogP contribution in [0.3, 0.4) is 0 Å². The summed E-state index contributed by atoms with van der Waals surface area (Å²) < 4.78 is 2.54. The van der Waals surface area contributed by atoms with Gasteiger partial charge in [-0.3, -0.25) is 0 Å². The van der Waals surface area contributed by atoms with Crippen molar-refractivity contribution in [3.8, 4) is 27.9 Å². The summed E-state index contributed by atoms with van der Waals surface area (Å²) in [6.45, 7) is 6.65. The third kappa shape index (κ3) is 9.76.